The van der Waals surface area contributed by atoms with Crippen LogP contribution in [-0.4, -0.2) is 27.9 Å². The number of aryl methyl sites for hydroxylation is 1. The number of rotatable bonds is 4. The molecule has 22 heavy (non-hydrogen) atoms. The SMILES string of the molecule is Cc1ccc(CCNC(=O)Nc2cc(O)c(O)c(O)c2)cc1. The molecule has 116 valence electrons. The molecule has 0 aliphatic heterocycles. The van der Waals surface area contributed by atoms with Gasteiger partial charge in [-0.1, -0.05) is 29.8 Å². The highest BCUT2D eigenvalue weighted by Gasteiger charge is 2.09. The van der Waals surface area contributed by atoms with Crippen LogP contribution in [0.4, 0.5) is 10.5 Å². The Balaban J connectivity index is 1.84. The van der Waals surface area contributed by atoms with E-state index < -0.39 is 23.3 Å². The van der Waals surface area contributed by atoms with Gasteiger partial charge >= 0.3 is 6.03 Å². The molecule has 2 rings (SSSR count). The van der Waals surface area contributed by atoms with Crippen molar-refractivity contribution in [1.82, 2.24) is 5.32 Å². The molecule has 2 aromatic carbocycles. The first kappa shape index (κ1) is 15.5. The number of carbonyl (C=O) groups excluding carboxylic acids is 1. The molecular weight excluding hydrogens is 284 g/mol. The van der Waals surface area contributed by atoms with Crippen LogP contribution in [0, 0.1) is 6.92 Å². The van der Waals surface area contributed by atoms with Gasteiger partial charge in [-0.15, -0.1) is 0 Å². The quantitative estimate of drug-likeness (QED) is 0.442. The van der Waals surface area contributed by atoms with Crippen molar-refractivity contribution in [2.45, 2.75) is 13.3 Å². The van der Waals surface area contributed by atoms with Crippen LogP contribution in [0.25, 0.3) is 0 Å². The highest BCUT2D eigenvalue weighted by Crippen LogP contribution is 2.37. The summed E-state index contributed by atoms with van der Waals surface area (Å²) < 4.78 is 0. The van der Waals surface area contributed by atoms with Gasteiger partial charge in [0.1, 0.15) is 0 Å². The Morgan fingerprint density at radius 3 is 2.23 bits per heavy atom. The molecule has 2 amide bonds. The summed E-state index contributed by atoms with van der Waals surface area (Å²) >= 11 is 0. The van der Waals surface area contributed by atoms with Crippen molar-refractivity contribution in [2.24, 2.45) is 0 Å². The van der Waals surface area contributed by atoms with E-state index in [4.69, 9.17) is 0 Å². The van der Waals surface area contributed by atoms with E-state index in [1.807, 2.05) is 31.2 Å². The number of benzene rings is 2. The van der Waals surface area contributed by atoms with Crippen LogP contribution < -0.4 is 10.6 Å². The molecule has 6 heteroatoms. The van der Waals surface area contributed by atoms with Crippen molar-refractivity contribution >= 4 is 11.7 Å². The normalized spacial score (nSPS) is 10.2. The molecule has 5 N–H and O–H groups in total. The second-order valence-corrected chi connectivity index (χ2v) is 4.98. The van der Waals surface area contributed by atoms with E-state index >= 15 is 0 Å². The van der Waals surface area contributed by atoms with Crippen LogP contribution in [0.3, 0.4) is 0 Å². The van der Waals surface area contributed by atoms with E-state index in [9.17, 15) is 20.1 Å². The van der Waals surface area contributed by atoms with Crippen molar-refractivity contribution in [2.75, 3.05) is 11.9 Å². The van der Waals surface area contributed by atoms with Crippen LogP contribution in [-0.2, 0) is 6.42 Å². The van der Waals surface area contributed by atoms with Gasteiger partial charge in [0.25, 0.3) is 0 Å². The fourth-order valence-corrected chi connectivity index (χ4v) is 1.93. The molecular formula is C16H18N2O4. The number of carbonyl (C=O) groups is 1. The average molecular weight is 302 g/mol. The summed E-state index contributed by atoms with van der Waals surface area (Å²) in [5, 5.41) is 33.1. The van der Waals surface area contributed by atoms with E-state index in [1.165, 1.54) is 5.56 Å². The molecule has 0 aliphatic carbocycles. The molecule has 6 nitrogen and oxygen atoms in total. The summed E-state index contributed by atoms with van der Waals surface area (Å²) in [6.07, 6.45) is 0.694. The first-order valence-electron chi connectivity index (χ1n) is 6.81. The second kappa shape index (κ2) is 6.71. The molecule has 0 atom stereocenters. The molecule has 0 fully saturated rings. The van der Waals surface area contributed by atoms with Gasteiger partial charge in [-0.2, -0.15) is 0 Å². The standard InChI is InChI=1S/C16H18N2O4/c1-10-2-4-11(5-3-10)6-7-17-16(22)18-12-8-13(19)15(21)14(20)9-12/h2-5,8-9,19-21H,6-7H2,1H3,(H2,17,18,22). The number of nitrogens with one attached hydrogen (secondary N) is 2. The maximum Gasteiger partial charge on any atom is 0.319 e. The number of amides is 2. The second-order valence-electron chi connectivity index (χ2n) is 4.98. The van der Waals surface area contributed by atoms with E-state index in [2.05, 4.69) is 10.6 Å². The topological polar surface area (TPSA) is 102 Å². The van der Waals surface area contributed by atoms with Gasteiger partial charge in [-0.3, -0.25) is 0 Å². The van der Waals surface area contributed by atoms with Gasteiger partial charge in [0.2, 0.25) is 0 Å². The largest absolute Gasteiger partial charge is 0.504 e. The maximum absolute atomic E-state index is 11.7. The number of aromatic hydroxyl groups is 3. The summed E-state index contributed by atoms with van der Waals surface area (Å²) in [5.41, 5.74) is 2.48. The fraction of sp³-hybridized carbons (Fsp3) is 0.188. The molecule has 0 unspecified atom stereocenters. The Morgan fingerprint density at radius 2 is 1.64 bits per heavy atom. The molecule has 0 bridgehead atoms. The third-order valence-corrected chi connectivity index (χ3v) is 3.15. The van der Waals surface area contributed by atoms with E-state index in [-0.39, 0.29) is 5.69 Å². The minimum absolute atomic E-state index is 0.181. The van der Waals surface area contributed by atoms with Crippen LogP contribution in [0.2, 0.25) is 0 Å². The van der Waals surface area contributed by atoms with Gasteiger partial charge < -0.3 is 26.0 Å². The zero-order valence-electron chi connectivity index (χ0n) is 12.1. The van der Waals surface area contributed by atoms with Crippen molar-refractivity contribution in [3.8, 4) is 17.2 Å². The van der Waals surface area contributed by atoms with E-state index in [1.54, 1.807) is 0 Å². The Morgan fingerprint density at radius 1 is 1.05 bits per heavy atom. The molecule has 0 heterocycles. The number of anilines is 1. The van der Waals surface area contributed by atoms with Crippen molar-refractivity contribution in [3.63, 3.8) is 0 Å². The lowest BCUT2D eigenvalue weighted by atomic mass is 10.1. The van der Waals surface area contributed by atoms with Gasteiger partial charge in [-0.05, 0) is 18.9 Å². The molecule has 0 radical (unpaired) electrons. The van der Waals surface area contributed by atoms with Crippen molar-refractivity contribution in [1.29, 1.82) is 0 Å². The number of phenolic OH excluding ortho intramolecular Hbond substituents is 3. The third kappa shape index (κ3) is 4.05. The lowest BCUT2D eigenvalue weighted by Gasteiger charge is -2.09. The van der Waals surface area contributed by atoms with E-state index in [0.717, 1.165) is 17.7 Å². The number of phenols is 3. The number of hydrogen-bond acceptors (Lipinski definition) is 4. The highest BCUT2D eigenvalue weighted by molar-refractivity contribution is 5.90. The minimum atomic E-state index is -0.620. The molecule has 0 saturated heterocycles. The van der Waals surface area contributed by atoms with Crippen molar-refractivity contribution in [3.05, 3.63) is 47.5 Å². The first-order chi connectivity index (χ1) is 10.5. The summed E-state index contributed by atoms with van der Waals surface area (Å²) in [7, 11) is 0. The van der Waals surface area contributed by atoms with Gasteiger partial charge in [-0.25, -0.2) is 4.79 Å². The summed E-state index contributed by atoms with van der Waals surface area (Å²) in [4.78, 5) is 11.7. The highest BCUT2D eigenvalue weighted by atomic mass is 16.3. The predicted octanol–water partition coefficient (Wildman–Crippen LogP) is 2.48. The molecule has 0 aliphatic rings. The first-order valence-corrected chi connectivity index (χ1v) is 6.81. The number of hydrogen-bond donors (Lipinski definition) is 5. The predicted molar refractivity (Wildman–Crippen MR) is 83.3 cm³/mol. The summed E-state index contributed by atoms with van der Waals surface area (Å²) in [6.45, 7) is 2.46. The number of urea groups is 1. The lowest BCUT2D eigenvalue weighted by Crippen LogP contribution is -2.30. The minimum Gasteiger partial charge on any atom is -0.504 e. The zero-order valence-corrected chi connectivity index (χ0v) is 12.1. The lowest BCUT2D eigenvalue weighted by molar-refractivity contribution is 0.252. The van der Waals surface area contributed by atoms with Crippen LogP contribution in [0.15, 0.2) is 36.4 Å². The van der Waals surface area contributed by atoms with Gasteiger partial charge in [0, 0.05) is 18.7 Å². The van der Waals surface area contributed by atoms with Crippen molar-refractivity contribution < 1.29 is 20.1 Å². The molecule has 2 aromatic rings. The monoisotopic (exact) mass is 302 g/mol. The Labute approximate surface area is 128 Å². The third-order valence-electron chi connectivity index (χ3n) is 3.15. The van der Waals surface area contributed by atoms with Crippen LogP contribution >= 0.6 is 0 Å². The summed E-state index contributed by atoms with van der Waals surface area (Å²) in [6, 6.07) is 9.87. The van der Waals surface area contributed by atoms with Gasteiger partial charge in [0.15, 0.2) is 17.2 Å². The maximum atomic E-state index is 11.7. The average Bonchev–Trinajstić information content (AvgIpc) is 2.47. The zero-order chi connectivity index (χ0) is 16.1. The van der Waals surface area contributed by atoms with E-state index in [0.29, 0.717) is 13.0 Å². The fourth-order valence-electron chi connectivity index (χ4n) is 1.93. The Bertz CT molecular complexity index is 645. The Hall–Kier alpha value is -2.89. The summed E-state index contributed by atoms with van der Waals surface area (Å²) in [5.74, 6) is -1.63. The molecule has 0 spiro atoms. The van der Waals surface area contributed by atoms with Crippen LogP contribution in [0.1, 0.15) is 11.1 Å². The molecule has 0 saturated carbocycles. The smallest absolute Gasteiger partial charge is 0.319 e. The van der Waals surface area contributed by atoms with Crippen LogP contribution in [0.5, 0.6) is 17.2 Å². The Kier molecular flexibility index (Phi) is 4.73. The molecule has 0 aromatic heterocycles. The van der Waals surface area contributed by atoms with Gasteiger partial charge in [0.05, 0.1) is 5.69 Å².